The third kappa shape index (κ3) is 4.33. The molecule has 2 saturated heterocycles. The van der Waals surface area contributed by atoms with Gasteiger partial charge < -0.3 is 19.3 Å². The Bertz CT molecular complexity index is 1160. The first-order valence-corrected chi connectivity index (χ1v) is 13.2. The lowest BCUT2D eigenvalue weighted by Gasteiger charge is -2.36. The van der Waals surface area contributed by atoms with Crippen LogP contribution >= 0.6 is 0 Å². The molecular weight excluding hydrogens is 454 g/mol. The summed E-state index contributed by atoms with van der Waals surface area (Å²) in [5.41, 5.74) is 3.42. The minimum absolute atomic E-state index is 0.0767. The van der Waals surface area contributed by atoms with E-state index < -0.39 is 10.0 Å². The lowest BCUT2D eigenvalue weighted by atomic mass is 9.89. The maximum atomic E-state index is 13.3. The largest absolute Gasteiger partial charge is 0.484 e. The van der Waals surface area contributed by atoms with Gasteiger partial charge in [-0.1, -0.05) is 17.7 Å². The number of likely N-dealkylation sites (tertiary alicyclic amines) is 1. The highest BCUT2D eigenvalue weighted by Crippen LogP contribution is 2.45. The average Bonchev–Trinajstić information content (AvgIpc) is 3.16. The number of aryl methyl sites for hydroxylation is 1. The Hall–Kier alpha value is -2.46. The highest BCUT2D eigenvalue weighted by molar-refractivity contribution is 7.89. The predicted molar refractivity (Wildman–Crippen MR) is 129 cm³/mol. The summed E-state index contributed by atoms with van der Waals surface area (Å²) < 4.78 is 38.1. The Morgan fingerprint density at radius 2 is 1.82 bits per heavy atom. The van der Waals surface area contributed by atoms with Crippen LogP contribution in [0.4, 0.5) is 5.69 Å². The number of carbonyl (C=O) groups excluding carboxylic acids is 1. The van der Waals surface area contributed by atoms with Crippen LogP contribution in [0.2, 0.25) is 0 Å². The van der Waals surface area contributed by atoms with Gasteiger partial charge in [-0.2, -0.15) is 4.31 Å². The van der Waals surface area contributed by atoms with E-state index in [0.717, 1.165) is 25.2 Å². The first-order chi connectivity index (χ1) is 16.3. The zero-order valence-corrected chi connectivity index (χ0v) is 20.5. The van der Waals surface area contributed by atoms with Crippen LogP contribution in [0.15, 0.2) is 47.4 Å². The second kappa shape index (κ2) is 9.30. The lowest BCUT2D eigenvalue weighted by molar-refractivity contribution is -0.121. The number of rotatable bonds is 5. The van der Waals surface area contributed by atoms with Crippen molar-refractivity contribution in [1.29, 1.82) is 0 Å². The fourth-order valence-corrected chi connectivity index (χ4v) is 6.67. The van der Waals surface area contributed by atoms with E-state index in [1.165, 1.54) is 27.6 Å². The molecule has 5 rings (SSSR count). The van der Waals surface area contributed by atoms with E-state index in [9.17, 15) is 13.2 Å². The van der Waals surface area contributed by atoms with Crippen LogP contribution in [0.25, 0.3) is 0 Å². The lowest BCUT2D eigenvalue weighted by Crippen LogP contribution is -2.48. The summed E-state index contributed by atoms with van der Waals surface area (Å²) >= 11 is 0. The third-order valence-corrected chi connectivity index (χ3v) is 8.93. The molecule has 182 valence electrons. The molecule has 1 amide bonds. The number of piperidine rings is 1. The molecule has 2 fully saturated rings. The van der Waals surface area contributed by atoms with Crippen molar-refractivity contribution in [1.82, 2.24) is 9.21 Å². The molecule has 2 aromatic rings. The number of amides is 1. The molecule has 2 atom stereocenters. The van der Waals surface area contributed by atoms with Gasteiger partial charge in [-0.3, -0.25) is 4.79 Å². The Kier molecular flexibility index (Phi) is 6.37. The molecule has 0 spiro atoms. The number of likely N-dealkylation sites (N-methyl/N-ethyl adjacent to an activating group) is 1. The van der Waals surface area contributed by atoms with E-state index in [1.54, 1.807) is 12.1 Å². The minimum atomic E-state index is -3.56. The minimum Gasteiger partial charge on any atom is -0.484 e. The van der Waals surface area contributed by atoms with E-state index in [-0.39, 0.29) is 23.5 Å². The van der Waals surface area contributed by atoms with E-state index in [4.69, 9.17) is 9.47 Å². The Labute approximate surface area is 201 Å². The first-order valence-electron chi connectivity index (χ1n) is 11.8. The molecule has 34 heavy (non-hydrogen) atoms. The number of hydrogen-bond donors (Lipinski definition) is 0. The van der Waals surface area contributed by atoms with Crippen molar-refractivity contribution in [3.8, 4) is 5.75 Å². The van der Waals surface area contributed by atoms with E-state index in [0.29, 0.717) is 38.0 Å². The number of benzene rings is 2. The van der Waals surface area contributed by atoms with Gasteiger partial charge in [-0.15, -0.1) is 0 Å². The van der Waals surface area contributed by atoms with E-state index >= 15 is 0 Å². The van der Waals surface area contributed by atoms with Crippen molar-refractivity contribution in [2.24, 2.45) is 0 Å². The van der Waals surface area contributed by atoms with Crippen molar-refractivity contribution in [3.63, 3.8) is 0 Å². The van der Waals surface area contributed by atoms with Gasteiger partial charge in [0.25, 0.3) is 5.91 Å². The Morgan fingerprint density at radius 1 is 1.09 bits per heavy atom. The molecule has 8 nitrogen and oxygen atoms in total. The molecule has 2 aromatic carbocycles. The van der Waals surface area contributed by atoms with Gasteiger partial charge in [0.05, 0.1) is 18.1 Å². The van der Waals surface area contributed by atoms with Gasteiger partial charge >= 0.3 is 0 Å². The normalized spacial score (nSPS) is 23.4. The van der Waals surface area contributed by atoms with Gasteiger partial charge in [0, 0.05) is 37.3 Å². The van der Waals surface area contributed by atoms with Crippen LogP contribution < -0.4 is 9.64 Å². The standard InChI is InChI=1S/C25H31N3O5S/c1-18-3-8-23-21(15-18)22-16-26(2)10-9-24(22)28(23)25(29)17-33-19-4-6-20(7-5-19)34(30,31)27-11-13-32-14-12-27/h3-8,15,22,24H,9-14,16-17H2,1-2H3/t22-,24+/m1/s1. The predicted octanol–water partition coefficient (Wildman–Crippen LogP) is 2.23. The van der Waals surface area contributed by atoms with Crippen LogP contribution in [-0.2, 0) is 19.6 Å². The molecule has 0 saturated carbocycles. The number of morpholine rings is 1. The smallest absolute Gasteiger partial charge is 0.265 e. The van der Waals surface area contributed by atoms with E-state index in [1.807, 2.05) is 11.0 Å². The van der Waals surface area contributed by atoms with Crippen molar-refractivity contribution < 1.29 is 22.7 Å². The van der Waals surface area contributed by atoms with Crippen molar-refractivity contribution in [3.05, 3.63) is 53.6 Å². The first kappa shape index (κ1) is 23.3. The Morgan fingerprint density at radius 3 is 2.56 bits per heavy atom. The van der Waals surface area contributed by atoms with Crippen molar-refractivity contribution in [2.75, 3.05) is 57.9 Å². The van der Waals surface area contributed by atoms with Gasteiger partial charge in [0.1, 0.15) is 5.75 Å². The molecule has 0 aliphatic carbocycles. The summed E-state index contributed by atoms with van der Waals surface area (Å²) in [7, 11) is -1.43. The van der Waals surface area contributed by atoms with Crippen LogP contribution in [0.3, 0.4) is 0 Å². The highest BCUT2D eigenvalue weighted by atomic mass is 32.2. The molecular formula is C25H31N3O5S. The van der Waals surface area contributed by atoms with Gasteiger partial charge in [0.2, 0.25) is 10.0 Å². The van der Waals surface area contributed by atoms with Gasteiger partial charge in [-0.25, -0.2) is 8.42 Å². The van der Waals surface area contributed by atoms with Crippen LogP contribution in [0, 0.1) is 6.92 Å². The third-order valence-electron chi connectivity index (χ3n) is 7.02. The monoisotopic (exact) mass is 485 g/mol. The maximum Gasteiger partial charge on any atom is 0.265 e. The quantitative estimate of drug-likeness (QED) is 0.646. The summed E-state index contributed by atoms with van der Waals surface area (Å²) in [5, 5.41) is 0. The molecule has 0 N–H and O–H groups in total. The zero-order valence-electron chi connectivity index (χ0n) is 19.6. The summed E-state index contributed by atoms with van der Waals surface area (Å²) in [4.78, 5) is 17.8. The number of anilines is 1. The molecule has 0 radical (unpaired) electrons. The second-order valence-electron chi connectivity index (χ2n) is 9.33. The SMILES string of the molecule is Cc1ccc2c(c1)[C@H]1CN(C)CC[C@@H]1N2C(=O)COc1ccc(S(=O)(=O)N2CCOCC2)cc1. The number of nitrogens with zero attached hydrogens (tertiary/aromatic N) is 3. The fraction of sp³-hybridized carbons (Fsp3) is 0.480. The van der Waals surface area contributed by atoms with Gasteiger partial charge in [0.15, 0.2) is 6.61 Å². The molecule has 3 heterocycles. The van der Waals surface area contributed by atoms with Crippen LogP contribution in [-0.4, -0.2) is 82.6 Å². The number of ether oxygens (including phenoxy) is 2. The molecule has 9 heteroatoms. The fourth-order valence-electron chi connectivity index (χ4n) is 5.26. The number of sulfonamides is 1. The average molecular weight is 486 g/mol. The number of carbonyl (C=O) groups is 1. The van der Waals surface area contributed by atoms with Gasteiger partial charge in [-0.05, 0) is 62.8 Å². The van der Waals surface area contributed by atoms with Crippen molar-refractivity contribution >= 4 is 21.6 Å². The van der Waals surface area contributed by atoms with Crippen LogP contribution in [0.1, 0.15) is 23.5 Å². The Balaban J connectivity index is 1.28. The second-order valence-corrected chi connectivity index (χ2v) is 11.3. The zero-order chi connectivity index (χ0) is 23.9. The van der Waals surface area contributed by atoms with Crippen molar-refractivity contribution in [2.45, 2.75) is 30.2 Å². The summed E-state index contributed by atoms with van der Waals surface area (Å²) in [6.45, 7) is 5.39. The van der Waals surface area contributed by atoms with Crippen LogP contribution in [0.5, 0.6) is 5.75 Å². The molecule has 0 bridgehead atoms. The molecule has 0 aromatic heterocycles. The summed E-state index contributed by atoms with van der Waals surface area (Å²) in [6, 6.07) is 12.7. The number of hydrogen-bond acceptors (Lipinski definition) is 6. The summed E-state index contributed by atoms with van der Waals surface area (Å²) in [6.07, 6.45) is 0.925. The molecule has 3 aliphatic heterocycles. The topological polar surface area (TPSA) is 79.4 Å². The maximum absolute atomic E-state index is 13.3. The highest BCUT2D eigenvalue weighted by Gasteiger charge is 2.43. The van der Waals surface area contributed by atoms with E-state index in [2.05, 4.69) is 31.0 Å². The molecule has 0 unspecified atom stereocenters. The molecule has 3 aliphatic rings. The summed E-state index contributed by atoms with van der Waals surface area (Å²) in [5.74, 6) is 0.701. The number of fused-ring (bicyclic) bond motifs is 3.